The zero-order valence-electron chi connectivity index (χ0n) is 9.07. The van der Waals surface area contributed by atoms with Gasteiger partial charge >= 0.3 is 6.18 Å². The number of carbonyl (C=O) groups is 1. The molecule has 0 saturated carbocycles. The maximum atomic E-state index is 12.7. The average Bonchev–Trinajstić information content (AvgIpc) is 2.27. The molecule has 0 aromatic heterocycles. The Balaban J connectivity index is 3.26. The molecule has 6 heteroatoms. The molecule has 0 aliphatic carbocycles. The van der Waals surface area contributed by atoms with E-state index in [1.807, 2.05) is 0 Å². The normalized spacial score (nSPS) is 11.4. The van der Waals surface area contributed by atoms with Gasteiger partial charge in [-0.25, -0.2) is 0 Å². The number of halogens is 4. The van der Waals surface area contributed by atoms with Gasteiger partial charge < -0.3 is 5.32 Å². The molecular formula is C11H11ClF3NO. The third-order valence-electron chi connectivity index (χ3n) is 2.22. The van der Waals surface area contributed by atoms with Crippen molar-refractivity contribution in [2.45, 2.75) is 19.5 Å². The lowest BCUT2D eigenvalue weighted by Crippen LogP contribution is -2.18. The highest BCUT2D eigenvalue weighted by molar-refractivity contribution is 6.29. The lowest BCUT2D eigenvalue weighted by Gasteiger charge is -2.16. The van der Waals surface area contributed by atoms with Gasteiger partial charge in [-0.1, -0.05) is 19.1 Å². The molecule has 0 radical (unpaired) electrons. The molecule has 2 nitrogen and oxygen atoms in total. The first-order valence-electron chi connectivity index (χ1n) is 4.95. The first kappa shape index (κ1) is 13.8. The Labute approximate surface area is 102 Å². The van der Waals surface area contributed by atoms with Crippen molar-refractivity contribution >= 4 is 23.2 Å². The topological polar surface area (TPSA) is 29.1 Å². The second-order valence-electron chi connectivity index (χ2n) is 3.37. The molecule has 0 aliphatic rings. The molecule has 0 saturated heterocycles. The molecule has 1 aromatic rings. The van der Waals surface area contributed by atoms with Crippen LogP contribution in [0.3, 0.4) is 0 Å². The minimum atomic E-state index is -4.50. The average molecular weight is 266 g/mol. The number of benzene rings is 1. The van der Waals surface area contributed by atoms with Crippen LogP contribution >= 0.6 is 11.6 Å². The van der Waals surface area contributed by atoms with E-state index in [9.17, 15) is 18.0 Å². The molecule has 1 amide bonds. The van der Waals surface area contributed by atoms with Gasteiger partial charge in [0.05, 0.1) is 11.3 Å². The fourth-order valence-electron chi connectivity index (χ4n) is 1.45. The Hall–Kier alpha value is -1.23. The summed E-state index contributed by atoms with van der Waals surface area (Å²) in [4.78, 5) is 11.1. The summed E-state index contributed by atoms with van der Waals surface area (Å²) in [5, 5.41) is 2.20. The van der Waals surface area contributed by atoms with Gasteiger partial charge in [0.15, 0.2) is 0 Å². The molecule has 1 aromatic carbocycles. The molecule has 0 fully saturated rings. The molecule has 0 bridgehead atoms. The van der Waals surface area contributed by atoms with Crippen LogP contribution in [-0.2, 0) is 17.4 Å². The van der Waals surface area contributed by atoms with Crippen LogP contribution in [-0.4, -0.2) is 11.8 Å². The number of para-hydroxylation sites is 1. The van der Waals surface area contributed by atoms with Crippen molar-refractivity contribution in [3.63, 3.8) is 0 Å². The maximum absolute atomic E-state index is 12.7. The molecule has 1 rings (SSSR count). The molecule has 0 heterocycles. The molecule has 94 valence electrons. The highest BCUT2D eigenvalue weighted by atomic mass is 35.5. The van der Waals surface area contributed by atoms with E-state index in [0.717, 1.165) is 6.07 Å². The second-order valence-corrected chi connectivity index (χ2v) is 3.64. The van der Waals surface area contributed by atoms with Crippen molar-refractivity contribution in [2.24, 2.45) is 0 Å². The molecule has 1 N–H and O–H groups in total. The van der Waals surface area contributed by atoms with E-state index in [-0.39, 0.29) is 11.6 Å². The van der Waals surface area contributed by atoms with Crippen molar-refractivity contribution in [3.8, 4) is 0 Å². The Morgan fingerprint density at radius 3 is 2.53 bits per heavy atom. The van der Waals surface area contributed by atoms with E-state index >= 15 is 0 Å². The smallest absolute Gasteiger partial charge is 0.324 e. The summed E-state index contributed by atoms with van der Waals surface area (Å²) in [7, 11) is 0. The van der Waals surface area contributed by atoms with Gasteiger partial charge in [0, 0.05) is 0 Å². The quantitative estimate of drug-likeness (QED) is 0.834. The van der Waals surface area contributed by atoms with Crippen LogP contribution in [0.15, 0.2) is 18.2 Å². The molecular weight excluding hydrogens is 255 g/mol. The van der Waals surface area contributed by atoms with Gasteiger partial charge in [-0.2, -0.15) is 13.2 Å². The summed E-state index contributed by atoms with van der Waals surface area (Å²) >= 11 is 5.27. The Bertz CT molecular complexity index is 418. The largest absolute Gasteiger partial charge is 0.418 e. The van der Waals surface area contributed by atoms with Gasteiger partial charge in [-0.15, -0.1) is 11.6 Å². The predicted octanol–water partition coefficient (Wildman–Crippen LogP) is 3.45. The fraction of sp³-hybridized carbons (Fsp3) is 0.364. The zero-order chi connectivity index (χ0) is 13.1. The van der Waals surface area contributed by atoms with Crippen LogP contribution in [0.5, 0.6) is 0 Å². The standard InChI is InChI=1S/C11H11ClF3NO/c1-2-7-4-3-5-8(11(13,14)15)10(7)16-9(17)6-12/h3-5H,2,6H2,1H3,(H,16,17). The first-order valence-corrected chi connectivity index (χ1v) is 5.48. The summed E-state index contributed by atoms with van der Waals surface area (Å²) in [5.74, 6) is -1.03. The van der Waals surface area contributed by atoms with Crippen LogP contribution in [0.4, 0.5) is 18.9 Å². The zero-order valence-corrected chi connectivity index (χ0v) is 9.82. The summed E-state index contributed by atoms with van der Waals surface area (Å²) < 4.78 is 38.2. The van der Waals surface area contributed by atoms with Crippen molar-refractivity contribution in [1.29, 1.82) is 0 Å². The van der Waals surface area contributed by atoms with Gasteiger partial charge in [-0.3, -0.25) is 4.79 Å². The number of hydrogen-bond donors (Lipinski definition) is 1. The van der Waals surface area contributed by atoms with E-state index in [1.165, 1.54) is 6.07 Å². The number of carbonyl (C=O) groups excluding carboxylic acids is 1. The van der Waals surface area contributed by atoms with Crippen LogP contribution in [0, 0.1) is 0 Å². The number of aryl methyl sites for hydroxylation is 1. The Morgan fingerprint density at radius 1 is 1.41 bits per heavy atom. The lowest BCUT2D eigenvalue weighted by atomic mass is 10.0. The number of nitrogens with one attached hydrogen (secondary N) is 1. The van der Waals surface area contributed by atoms with Crippen molar-refractivity contribution in [3.05, 3.63) is 29.3 Å². The minimum Gasteiger partial charge on any atom is -0.324 e. The van der Waals surface area contributed by atoms with Crippen molar-refractivity contribution in [1.82, 2.24) is 0 Å². The van der Waals surface area contributed by atoms with E-state index in [0.29, 0.717) is 12.0 Å². The summed E-state index contributed by atoms with van der Waals surface area (Å²) in [5.41, 5.74) is -0.623. The highest BCUT2D eigenvalue weighted by Crippen LogP contribution is 2.36. The highest BCUT2D eigenvalue weighted by Gasteiger charge is 2.34. The van der Waals surface area contributed by atoms with E-state index < -0.39 is 17.6 Å². The second kappa shape index (κ2) is 5.40. The van der Waals surface area contributed by atoms with E-state index in [2.05, 4.69) is 5.32 Å². The van der Waals surface area contributed by atoms with E-state index in [4.69, 9.17) is 11.6 Å². The number of anilines is 1. The summed E-state index contributed by atoms with van der Waals surface area (Å²) in [6, 6.07) is 3.79. The van der Waals surface area contributed by atoms with Crippen molar-refractivity contribution in [2.75, 3.05) is 11.2 Å². The predicted molar refractivity (Wildman–Crippen MR) is 60.2 cm³/mol. The number of rotatable bonds is 3. The molecule has 0 atom stereocenters. The van der Waals surface area contributed by atoms with E-state index in [1.54, 1.807) is 13.0 Å². The maximum Gasteiger partial charge on any atom is 0.418 e. The molecule has 0 spiro atoms. The van der Waals surface area contributed by atoms with Crippen LogP contribution in [0.1, 0.15) is 18.1 Å². The number of amides is 1. The van der Waals surface area contributed by atoms with Crippen LogP contribution in [0.2, 0.25) is 0 Å². The van der Waals surface area contributed by atoms with Gasteiger partial charge in [0.1, 0.15) is 5.88 Å². The lowest BCUT2D eigenvalue weighted by molar-refractivity contribution is -0.137. The van der Waals surface area contributed by atoms with Gasteiger partial charge in [-0.05, 0) is 18.1 Å². The summed E-state index contributed by atoms with van der Waals surface area (Å²) in [6.45, 7) is 1.71. The fourth-order valence-corrected chi connectivity index (χ4v) is 1.52. The van der Waals surface area contributed by atoms with Gasteiger partial charge in [0.2, 0.25) is 5.91 Å². The third kappa shape index (κ3) is 3.36. The molecule has 17 heavy (non-hydrogen) atoms. The third-order valence-corrected chi connectivity index (χ3v) is 2.47. The minimum absolute atomic E-state index is 0.201. The molecule has 0 aliphatic heterocycles. The number of hydrogen-bond acceptors (Lipinski definition) is 1. The number of alkyl halides is 4. The molecule has 0 unspecified atom stereocenters. The first-order chi connectivity index (χ1) is 7.90. The van der Waals surface area contributed by atoms with Gasteiger partial charge in [0.25, 0.3) is 0 Å². The summed E-state index contributed by atoms with van der Waals surface area (Å²) in [6.07, 6.45) is -4.11. The SMILES string of the molecule is CCc1cccc(C(F)(F)F)c1NC(=O)CCl. The monoisotopic (exact) mass is 265 g/mol. The Kier molecular flexibility index (Phi) is 4.40. The Morgan fingerprint density at radius 2 is 2.06 bits per heavy atom. The van der Waals surface area contributed by atoms with Crippen LogP contribution in [0.25, 0.3) is 0 Å². The van der Waals surface area contributed by atoms with Crippen LogP contribution < -0.4 is 5.32 Å². The van der Waals surface area contributed by atoms with Crippen molar-refractivity contribution < 1.29 is 18.0 Å².